The predicted octanol–water partition coefficient (Wildman–Crippen LogP) is 4.22. The molecule has 1 amide bonds. The van der Waals surface area contributed by atoms with Crippen LogP contribution in [0.15, 0.2) is 36.4 Å². The van der Waals surface area contributed by atoms with Gasteiger partial charge >= 0.3 is 6.09 Å². The minimum atomic E-state index is -0.590. The van der Waals surface area contributed by atoms with Crippen molar-refractivity contribution in [1.82, 2.24) is 0 Å². The van der Waals surface area contributed by atoms with Gasteiger partial charge in [0.15, 0.2) is 5.78 Å². The van der Waals surface area contributed by atoms with E-state index in [1.54, 1.807) is 24.3 Å². The van der Waals surface area contributed by atoms with E-state index < -0.39 is 11.7 Å². The van der Waals surface area contributed by atoms with Crippen molar-refractivity contribution in [1.29, 1.82) is 0 Å². The molecule has 24 heavy (non-hydrogen) atoms. The standard InChI is InChI=1S/C19H27NO4/c1-14(2)13-23-12-11-20(18(22)24-19(4,5)6)17-9-7-16(8-10-17)15(3)21/h7-10H,1,11-13H2,2-6H3. The fourth-order valence-corrected chi connectivity index (χ4v) is 1.92. The third-order valence-corrected chi connectivity index (χ3v) is 3.01. The van der Waals surface area contributed by atoms with Crippen LogP contribution in [-0.4, -0.2) is 37.2 Å². The van der Waals surface area contributed by atoms with E-state index in [-0.39, 0.29) is 5.78 Å². The first-order valence-corrected chi connectivity index (χ1v) is 7.94. The van der Waals surface area contributed by atoms with Gasteiger partial charge in [-0.2, -0.15) is 0 Å². The van der Waals surface area contributed by atoms with E-state index in [1.165, 1.54) is 11.8 Å². The van der Waals surface area contributed by atoms with Crippen molar-refractivity contribution in [2.45, 2.75) is 40.2 Å². The van der Waals surface area contributed by atoms with Crippen LogP contribution in [-0.2, 0) is 9.47 Å². The zero-order chi connectivity index (χ0) is 18.3. The number of hydrogen-bond donors (Lipinski definition) is 0. The molecule has 1 aromatic rings. The summed E-state index contributed by atoms with van der Waals surface area (Å²) in [6, 6.07) is 6.87. The lowest BCUT2D eigenvalue weighted by Gasteiger charge is -2.27. The zero-order valence-electron chi connectivity index (χ0n) is 15.2. The number of hydrogen-bond acceptors (Lipinski definition) is 4. The number of carbonyl (C=O) groups is 2. The van der Waals surface area contributed by atoms with Crippen LogP contribution >= 0.6 is 0 Å². The molecule has 0 saturated carbocycles. The van der Waals surface area contributed by atoms with Gasteiger partial charge in [-0.15, -0.1) is 0 Å². The second-order valence-electron chi connectivity index (χ2n) is 6.74. The van der Waals surface area contributed by atoms with Crippen molar-refractivity contribution >= 4 is 17.6 Å². The highest BCUT2D eigenvalue weighted by molar-refractivity contribution is 5.95. The highest BCUT2D eigenvalue weighted by Crippen LogP contribution is 2.19. The largest absolute Gasteiger partial charge is 0.443 e. The molecule has 1 rings (SSSR count). The SMILES string of the molecule is C=C(C)COCCN(C(=O)OC(C)(C)C)c1ccc(C(C)=O)cc1. The van der Waals surface area contributed by atoms with E-state index in [1.807, 2.05) is 27.7 Å². The van der Waals surface area contributed by atoms with E-state index in [0.717, 1.165) is 5.57 Å². The van der Waals surface area contributed by atoms with Crippen LogP contribution in [0.1, 0.15) is 45.0 Å². The predicted molar refractivity (Wildman–Crippen MR) is 95.7 cm³/mol. The average molecular weight is 333 g/mol. The Kier molecular flexibility index (Phi) is 7.17. The first kappa shape index (κ1) is 19.9. The molecule has 0 radical (unpaired) electrons. The molecule has 132 valence electrons. The highest BCUT2D eigenvalue weighted by atomic mass is 16.6. The third kappa shape index (κ3) is 6.96. The Hall–Kier alpha value is -2.14. The minimum absolute atomic E-state index is 0.0184. The normalized spacial score (nSPS) is 11.0. The van der Waals surface area contributed by atoms with E-state index in [4.69, 9.17) is 9.47 Å². The number of ketones is 1. The van der Waals surface area contributed by atoms with E-state index in [0.29, 0.717) is 31.0 Å². The fourth-order valence-electron chi connectivity index (χ4n) is 1.92. The van der Waals surface area contributed by atoms with Crippen molar-refractivity contribution in [2.75, 3.05) is 24.7 Å². The number of ether oxygens (including phenoxy) is 2. The molecule has 0 saturated heterocycles. The molecular weight excluding hydrogens is 306 g/mol. The Labute approximate surface area is 144 Å². The lowest BCUT2D eigenvalue weighted by molar-refractivity contribution is 0.0564. The van der Waals surface area contributed by atoms with Gasteiger partial charge in [0.25, 0.3) is 0 Å². The summed E-state index contributed by atoms with van der Waals surface area (Å²) in [5.41, 5.74) is 1.59. The van der Waals surface area contributed by atoms with Crippen molar-refractivity contribution < 1.29 is 19.1 Å². The Morgan fingerprint density at radius 1 is 1.12 bits per heavy atom. The second-order valence-corrected chi connectivity index (χ2v) is 6.74. The monoisotopic (exact) mass is 333 g/mol. The molecule has 5 heteroatoms. The van der Waals surface area contributed by atoms with Gasteiger partial charge in [0, 0.05) is 11.3 Å². The molecule has 0 heterocycles. The molecule has 0 aliphatic rings. The van der Waals surface area contributed by atoms with Gasteiger partial charge in [-0.25, -0.2) is 4.79 Å². The molecule has 0 spiro atoms. The van der Waals surface area contributed by atoms with Gasteiger partial charge < -0.3 is 9.47 Å². The zero-order valence-corrected chi connectivity index (χ0v) is 15.2. The molecule has 0 aliphatic carbocycles. The first-order valence-electron chi connectivity index (χ1n) is 7.94. The summed E-state index contributed by atoms with van der Waals surface area (Å²) >= 11 is 0. The summed E-state index contributed by atoms with van der Waals surface area (Å²) < 4.78 is 10.9. The van der Waals surface area contributed by atoms with Crippen LogP contribution in [0.2, 0.25) is 0 Å². The number of benzene rings is 1. The molecule has 0 unspecified atom stereocenters. The van der Waals surface area contributed by atoms with Gasteiger partial charge in [-0.1, -0.05) is 12.2 Å². The Morgan fingerprint density at radius 2 is 1.71 bits per heavy atom. The Morgan fingerprint density at radius 3 is 2.17 bits per heavy atom. The van der Waals surface area contributed by atoms with E-state index in [9.17, 15) is 9.59 Å². The maximum absolute atomic E-state index is 12.5. The van der Waals surface area contributed by atoms with Crippen LogP contribution in [0.3, 0.4) is 0 Å². The topological polar surface area (TPSA) is 55.8 Å². The van der Waals surface area contributed by atoms with Gasteiger partial charge in [-0.3, -0.25) is 9.69 Å². The Bertz CT molecular complexity index is 584. The lowest BCUT2D eigenvalue weighted by atomic mass is 10.1. The molecule has 0 fully saturated rings. The number of amides is 1. The smallest absolute Gasteiger partial charge is 0.414 e. The Balaban J connectivity index is 2.88. The van der Waals surface area contributed by atoms with Gasteiger partial charge in [0.05, 0.1) is 19.8 Å². The molecule has 0 bridgehead atoms. The number of carbonyl (C=O) groups excluding carboxylic acids is 2. The molecule has 0 atom stereocenters. The molecular formula is C19H27NO4. The quantitative estimate of drug-likeness (QED) is 0.426. The number of nitrogens with zero attached hydrogens (tertiary/aromatic N) is 1. The molecule has 0 N–H and O–H groups in total. The van der Waals surface area contributed by atoms with Gasteiger partial charge in [-0.05, 0) is 58.9 Å². The van der Waals surface area contributed by atoms with Crippen molar-refractivity contribution in [2.24, 2.45) is 0 Å². The van der Waals surface area contributed by atoms with Crippen LogP contribution in [0.5, 0.6) is 0 Å². The number of Topliss-reactive ketones (excluding diaryl/α,β-unsaturated/α-hetero) is 1. The van der Waals surface area contributed by atoms with Crippen molar-refractivity contribution in [3.63, 3.8) is 0 Å². The van der Waals surface area contributed by atoms with Crippen LogP contribution in [0.25, 0.3) is 0 Å². The molecule has 0 aromatic heterocycles. The molecule has 0 aliphatic heterocycles. The second kappa shape index (κ2) is 8.64. The maximum Gasteiger partial charge on any atom is 0.414 e. The summed E-state index contributed by atoms with van der Waals surface area (Å²) in [5.74, 6) is -0.0184. The fraction of sp³-hybridized carbons (Fsp3) is 0.474. The van der Waals surface area contributed by atoms with E-state index >= 15 is 0 Å². The van der Waals surface area contributed by atoms with Gasteiger partial charge in [0.2, 0.25) is 0 Å². The van der Waals surface area contributed by atoms with Gasteiger partial charge in [0.1, 0.15) is 5.60 Å². The van der Waals surface area contributed by atoms with Crippen molar-refractivity contribution in [3.8, 4) is 0 Å². The third-order valence-electron chi connectivity index (χ3n) is 3.01. The summed E-state index contributed by atoms with van der Waals surface area (Å²) in [5, 5.41) is 0. The summed E-state index contributed by atoms with van der Waals surface area (Å²) in [6.07, 6.45) is -0.447. The molecule has 5 nitrogen and oxygen atoms in total. The van der Waals surface area contributed by atoms with Crippen LogP contribution < -0.4 is 4.90 Å². The van der Waals surface area contributed by atoms with E-state index in [2.05, 4.69) is 6.58 Å². The summed E-state index contributed by atoms with van der Waals surface area (Å²) in [4.78, 5) is 25.4. The minimum Gasteiger partial charge on any atom is -0.443 e. The van der Waals surface area contributed by atoms with Crippen LogP contribution in [0.4, 0.5) is 10.5 Å². The maximum atomic E-state index is 12.5. The van der Waals surface area contributed by atoms with Crippen LogP contribution in [0, 0.1) is 0 Å². The summed E-state index contributed by atoms with van der Waals surface area (Å²) in [6.45, 7) is 13.8. The number of rotatable bonds is 7. The highest BCUT2D eigenvalue weighted by Gasteiger charge is 2.23. The average Bonchev–Trinajstić information content (AvgIpc) is 2.45. The lowest BCUT2D eigenvalue weighted by Crippen LogP contribution is -2.39. The summed E-state index contributed by atoms with van der Waals surface area (Å²) in [7, 11) is 0. The van der Waals surface area contributed by atoms with Crippen molar-refractivity contribution in [3.05, 3.63) is 42.0 Å². The molecule has 1 aromatic carbocycles. The first-order chi connectivity index (χ1) is 11.1. The number of anilines is 1.